The Morgan fingerprint density at radius 3 is 1.41 bits per heavy atom. The van der Waals surface area contributed by atoms with Gasteiger partial charge in [-0.1, -0.05) is 40.0 Å². The first-order valence-electron chi connectivity index (χ1n) is 7.75. The maximum atomic E-state index is 13.1. The monoisotopic (exact) mass is 451 g/mol. The fourth-order valence-corrected chi connectivity index (χ4v) is 2.99. The molecule has 0 aromatic carbocycles. The standard InChI is InChI=1S/C7H10FGe.3C3H8N.Zr/c1-9(2,8)7-5-3-4-6-7;3*1-2-3-4;/h3,5H,4H2,1-2H3;3*4H,2-3H2,1H3;/q4*-1;+4. The summed E-state index contributed by atoms with van der Waals surface area (Å²) in [5, 5.41) is 0. The Morgan fingerprint density at radius 2 is 1.32 bits per heavy atom. The van der Waals surface area contributed by atoms with Crippen molar-refractivity contribution in [3.63, 3.8) is 0 Å². The van der Waals surface area contributed by atoms with Crippen LogP contribution < -0.4 is 0 Å². The summed E-state index contributed by atoms with van der Waals surface area (Å²) in [6.07, 6.45) is 10.6. The van der Waals surface area contributed by atoms with Gasteiger partial charge in [0.1, 0.15) is 0 Å². The van der Waals surface area contributed by atoms with Crippen LogP contribution in [0, 0.1) is 6.08 Å². The van der Waals surface area contributed by atoms with Gasteiger partial charge in [-0.15, -0.1) is 0 Å². The third-order valence-electron chi connectivity index (χ3n) is 2.09. The van der Waals surface area contributed by atoms with Crippen molar-refractivity contribution < 1.29 is 29.7 Å². The average Bonchev–Trinajstić information content (AvgIpc) is 3.02. The minimum absolute atomic E-state index is 0. The largest absolute Gasteiger partial charge is 4.00 e. The van der Waals surface area contributed by atoms with Crippen molar-refractivity contribution in [3.05, 3.63) is 39.8 Å². The van der Waals surface area contributed by atoms with E-state index in [9.17, 15) is 3.50 Å². The zero-order valence-corrected chi connectivity index (χ0v) is 19.5. The minimum atomic E-state index is -2.96. The first-order valence-corrected chi connectivity index (χ1v) is 13.8. The first kappa shape index (κ1) is 30.6. The van der Waals surface area contributed by atoms with Crippen molar-refractivity contribution >= 4 is 13.7 Å². The molecule has 0 saturated carbocycles. The van der Waals surface area contributed by atoms with Gasteiger partial charge in [-0.05, 0) is 0 Å². The summed E-state index contributed by atoms with van der Waals surface area (Å²) >= 11 is -2.96. The molecule has 0 amide bonds. The van der Waals surface area contributed by atoms with Crippen molar-refractivity contribution in [2.24, 2.45) is 0 Å². The number of rotatable bonds is 4. The molecule has 0 saturated heterocycles. The Bertz CT molecular complexity index is 239. The predicted molar refractivity (Wildman–Crippen MR) is 97.5 cm³/mol. The number of nitrogens with one attached hydrogen (secondary N) is 3. The van der Waals surface area contributed by atoms with Crippen molar-refractivity contribution in [2.45, 2.75) is 58.0 Å². The topological polar surface area (TPSA) is 71.4 Å². The Labute approximate surface area is 160 Å². The van der Waals surface area contributed by atoms with Gasteiger partial charge in [-0.3, -0.25) is 0 Å². The van der Waals surface area contributed by atoms with Crippen molar-refractivity contribution in [1.29, 1.82) is 0 Å². The minimum Gasteiger partial charge on any atom is 4.00 e. The maximum Gasteiger partial charge on any atom is 4.00 e. The van der Waals surface area contributed by atoms with E-state index in [1.165, 1.54) is 0 Å². The molecular weight excluding hydrogens is 417 g/mol. The summed E-state index contributed by atoms with van der Waals surface area (Å²) in [5.41, 5.74) is 19.4. The summed E-state index contributed by atoms with van der Waals surface area (Å²) in [5.74, 6) is 3.47. The van der Waals surface area contributed by atoms with Crippen LogP contribution in [0.5, 0.6) is 0 Å². The maximum absolute atomic E-state index is 13.1. The summed E-state index contributed by atoms with van der Waals surface area (Å²) in [4.78, 5) is 0. The molecule has 0 spiro atoms. The van der Waals surface area contributed by atoms with E-state index in [4.69, 9.17) is 17.2 Å². The van der Waals surface area contributed by atoms with Gasteiger partial charge in [-0.25, -0.2) is 0 Å². The normalized spacial score (nSPS) is 11.6. The van der Waals surface area contributed by atoms with E-state index >= 15 is 0 Å². The van der Waals surface area contributed by atoms with Crippen LogP contribution in [0.3, 0.4) is 0 Å². The molecule has 0 atom stereocenters. The molecule has 0 aromatic rings. The number of hydrogen-bond acceptors (Lipinski definition) is 0. The molecule has 1 rings (SSSR count). The van der Waals surface area contributed by atoms with Crippen LogP contribution in [0.2, 0.25) is 11.5 Å². The Balaban J connectivity index is -0.000000107. The summed E-state index contributed by atoms with van der Waals surface area (Å²) < 4.78 is 14.0. The fraction of sp³-hybridized carbons (Fsp3) is 0.750. The summed E-state index contributed by atoms with van der Waals surface area (Å²) in [6.45, 7) is 7.69. The molecule has 0 bridgehead atoms. The molecule has 128 valence electrons. The summed E-state index contributed by atoms with van der Waals surface area (Å²) in [6, 6.07) is 0. The van der Waals surface area contributed by atoms with Gasteiger partial charge in [0.2, 0.25) is 0 Å². The molecule has 0 aromatic heterocycles. The van der Waals surface area contributed by atoms with Crippen LogP contribution in [0.15, 0.2) is 16.6 Å². The Hall–Kier alpha value is 0.716. The number of halogens is 1. The Kier molecular flexibility index (Phi) is 33.3. The van der Waals surface area contributed by atoms with Crippen molar-refractivity contribution in [2.75, 3.05) is 19.6 Å². The van der Waals surface area contributed by atoms with E-state index < -0.39 is 13.7 Å². The predicted octanol–water partition coefficient (Wildman–Crippen LogP) is 6.73. The molecule has 6 heteroatoms. The number of allylic oxidation sites excluding steroid dienone is 4. The summed E-state index contributed by atoms with van der Waals surface area (Å²) in [7, 11) is 0. The van der Waals surface area contributed by atoms with Crippen LogP contribution in [-0.2, 0) is 26.2 Å². The van der Waals surface area contributed by atoms with Crippen molar-refractivity contribution in [1.82, 2.24) is 0 Å². The van der Waals surface area contributed by atoms with Crippen LogP contribution in [-0.4, -0.2) is 33.4 Å². The van der Waals surface area contributed by atoms with Crippen LogP contribution in [0.4, 0.5) is 3.50 Å². The van der Waals surface area contributed by atoms with Gasteiger partial charge in [0.15, 0.2) is 0 Å². The van der Waals surface area contributed by atoms with E-state index in [-0.39, 0.29) is 26.2 Å². The molecule has 3 N–H and O–H groups in total. The molecule has 0 aliphatic heterocycles. The van der Waals surface area contributed by atoms with E-state index in [2.05, 4.69) is 6.08 Å². The second-order valence-corrected chi connectivity index (χ2v) is 12.2. The third-order valence-corrected chi connectivity index (χ3v) is 5.49. The molecule has 22 heavy (non-hydrogen) atoms. The fourth-order valence-electron chi connectivity index (χ4n) is 0.813. The molecular formula is C16H34FGeN3Zr. The third kappa shape index (κ3) is 28.8. The van der Waals surface area contributed by atoms with Gasteiger partial charge in [0.05, 0.1) is 0 Å². The van der Waals surface area contributed by atoms with Gasteiger partial charge < -0.3 is 17.2 Å². The molecule has 0 unspecified atom stereocenters. The molecule has 1 aliphatic rings. The van der Waals surface area contributed by atoms with Crippen LogP contribution in [0.25, 0.3) is 17.2 Å². The molecule has 0 heterocycles. The van der Waals surface area contributed by atoms with Crippen LogP contribution >= 0.6 is 0 Å². The second kappa shape index (κ2) is 24.0. The SMILES string of the molecule is CCC[NH-].CCC[NH-].CCC[NH-].[CH3][Ge]([CH3])([F])[C]1=[C-]CC=C1.[Zr+4]. The van der Waals surface area contributed by atoms with E-state index in [1.807, 2.05) is 32.9 Å². The molecule has 1 aliphatic carbocycles. The van der Waals surface area contributed by atoms with Gasteiger partial charge in [-0.2, -0.15) is 19.6 Å². The molecule has 0 fully saturated rings. The van der Waals surface area contributed by atoms with Gasteiger partial charge in [0, 0.05) is 0 Å². The quantitative estimate of drug-likeness (QED) is 0.336. The van der Waals surface area contributed by atoms with Crippen LogP contribution in [0.1, 0.15) is 46.5 Å². The van der Waals surface area contributed by atoms with E-state index in [0.717, 1.165) is 30.1 Å². The van der Waals surface area contributed by atoms with E-state index in [1.54, 1.807) is 11.5 Å². The molecule has 0 radical (unpaired) electrons. The molecule has 3 nitrogen and oxygen atoms in total. The van der Waals surface area contributed by atoms with E-state index in [0.29, 0.717) is 19.6 Å². The number of hydrogen-bond donors (Lipinski definition) is 0. The second-order valence-electron chi connectivity index (χ2n) is 4.92. The average molecular weight is 451 g/mol. The Morgan fingerprint density at radius 1 is 1.00 bits per heavy atom. The zero-order valence-electron chi connectivity index (χ0n) is 15.0. The zero-order chi connectivity index (χ0) is 17.1. The first-order chi connectivity index (χ1) is 9.85. The van der Waals surface area contributed by atoms with Crippen molar-refractivity contribution in [3.8, 4) is 0 Å². The van der Waals surface area contributed by atoms with Gasteiger partial charge in [0.25, 0.3) is 0 Å². The van der Waals surface area contributed by atoms with Gasteiger partial charge >= 0.3 is 84.0 Å². The smallest absolute Gasteiger partial charge is 4.00 e.